The Bertz CT molecular complexity index is 2270. The summed E-state index contributed by atoms with van der Waals surface area (Å²) in [6.07, 6.45) is 0. The molecular weight excluding hydrogens is 916 g/mol. The fraction of sp³-hybridized carbons (Fsp3) is 0.132. The van der Waals surface area contributed by atoms with Gasteiger partial charge in [0.25, 0.3) is 11.8 Å². The number of methoxy groups -OCH3 is 2. The number of phenolic OH excluding ortho intramolecular Hbond substituents is 4. The van der Waals surface area contributed by atoms with E-state index in [1.54, 1.807) is 37.4 Å². The van der Waals surface area contributed by atoms with Crippen molar-refractivity contribution in [2.45, 2.75) is 13.8 Å². The first-order valence-electron chi connectivity index (χ1n) is 15.7. The largest absolute Gasteiger partial charge is 0.504 e. The fourth-order valence-electron chi connectivity index (χ4n) is 4.78. The van der Waals surface area contributed by atoms with E-state index in [2.05, 4.69) is 58.4 Å². The summed E-state index contributed by atoms with van der Waals surface area (Å²) in [5.74, 6) is -0.648. The normalized spacial score (nSPS) is 10.9. The van der Waals surface area contributed by atoms with Gasteiger partial charge in [-0.1, -0.05) is 0 Å². The third-order valence-electron chi connectivity index (χ3n) is 7.62. The molecular formula is C38H33Br3N2O12. The number of amides is 2. The van der Waals surface area contributed by atoms with Crippen molar-refractivity contribution in [3.63, 3.8) is 0 Å². The summed E-state index contributed by atoms with van der Waals surface area (Å²) < 4.78 is 22.4. The SMILES string of the molecule is COc1cc(C(=O)Nc2ccc3c(c2)OCO3)c(Br)cc1C.COc1cc(C(=O)O)c(Br)cc1C.O=C(Nc1ccc(O)c(O)c1)c1cc(O)c(O)cc1Br. The van der Waals surface area contributed by atoms with Crippen molar-refractivity contribution in [3.05, 3.63) is 114 Å². The predicted molar refractivity (Wildman–Crippen MR) is 214 cm³/mol. The molecule has 1 aliphatic heterocycles. The molecule has 288 valence electrons. The molecule has 0 unspecified atom stereocenters. The van der Waals surface area contributed by atoms with Crippen LogP contribution >= 0.6 is 47.8 Å². The Labute approximate surface area is 339 Å². The molecule has 2 amide bonds. The van der Waals surface area contributed by atoms with Crippen molar-refractivity contribution in [1.82, 2.24) is 0 Å². The van der Waals surface area contributed by atoms with Crippen molar-refractivity contribution in [1.29, 1.82) is 0 Å². The number of hydrogen-bond acceptors (Lipinski definition) is 11. The van der Waals surface area contributed by atoms with Crippen LogP contribution in [-0.2, 0) is 0 Å². The van der Waals surface area contributed by atoms with E-state index in [1.165, 1.54) is 37.4 Å². The number of hydrogen-bond donors (Lipinski definition) is 7. The number of benzene rings is 5. The molecule has 5 aromatic carbocycles. The van der Waals surface area contributed by atoms with Crippen LogP contribution < -0.4 is 29.6 Å². The van der Waals surface area contributed by atoms with E-state index in [0.29, 0.717) is 47.7 Å². The number of carboxylic acids is 1. The molecule has 14 nitrogen and oxygen atoms in total. The number of ether oxygens (including phenoxy) is 4. The second-order valence-corrected chi connectivity index (χ2v) is 14.0. The number of halogens is 3. The molecule has 0 aromatic heterocycles. The number of carboxylic acid groups (broad SMARTS) is 1. The first-order chi connectivity index (χ1) is 26.0. The van der Waals surface area contributed by atoms with Gasteiger partial charge in [-0.15, -0.1) is 0 Å². The summed E-state index contributed by atoms with van der Waals surface area (Å²) in [5, 5.41) is 51.3. The molecule has 0 spiro atoms. The lowest BCUT2D eigenvalue weighted by molar-refractivity contribution is 0.0695. The van der Waals surface area contributed by atoms with Crippen LogP contribution in [0.25, 0.3) is 0 Å². The number of anilines is 2. The maximum absolute atomic E-state index is 12.4. The smallest absolute Gasteiger partial charge is 0.336 e. The molecule has 0 atom stereocenters. The van der Waals surface area contributed by atoms with E-state index in [0.717, 1.165) is 17.2 Å². The Balaban J connectivity index is 0.000000190. The first kappa shape index (κ1) is 42.1. The number of aromatic hydroxyl groups is 4. The van der Waals surface area contributed by atoms with Crippen molar-refractivity contribution < 1.29 is 58.9 Å². The Morgan fingerprint density at radius 2 is 1.04 bits per heavy atom. The summed E-state index contributed by atoms with van der Waals surface area (Å²) in [6, 6.07) is 18.2. The highest BCUT2D eigenvalue weighted by Crippen LogP contribution is 2.36. The molecule has 0 fully saturated rings. The lowest BCUT2D eigenvalue weighted by Gasteiger charge is -2.11. The number of aromatic carboxylic acids is 1. The maximum atomic E-state index is 12.4. The van der Waals surface area contributed by atoms with Crippen LogP contribution in [0.2, 0.25) is 0 Å². The Morgan fingerprint density at radius 3 is 1.60 bits per heavy atom. The Morgan fingerprint density at radius 1 is 0.582 bits per heavy atom. The minimum Gasteiger partial charge on any atom is -0.504 e. The zero-order chi connectivity index (χ0) is 40.6. The molecule has 0 bridgehead atoms. The van der Waals surface area contributed by atoms with E-state index in [4.69, 9.17) is 24.1 Å². The standard InChI is InChI=1S/C16H14BrNO4.C13H10BrNO5.C9H9BrO3/c1-9-5-12(17)11(7-14(9)20-2)16(19)18-10-3-4-13-15(6-10)22-8-21-13;14-8-5-12(19)11(18)4-7(8)13(20)15-6-1-2-9(16)10(17)3-6;1-5-3-7(10)6(9(11)12)4-8(5)13-2/h3-7H,8H2,1-2H3,(H,18,19);1-5,16-19H,(H,15,20);3-4H,1-2H3,(H,11,12). The molecule has 0 aliphatic carbocycles. The topological polar surface area (TPSA) is 213 Å². The molecule has 1 heterocycles. The third kappa shape index (κ3) is 10.7. The van der Waals surface area contributed by atoms with Crippen molar-refractivity contribution >= 4 is 76.9 Å². The molecule has 5 aromatic rings. The van der Waals surface area contributed by atoms with Gasteiger partial charge in [0.2, 0.25) is 6.79 Å². The molecule has 6 rings (SSSR count). The summed E-state index contributed by atoms with van der Waals surface area (Å²) in [4.78, 5) is 35.2. The van der Waals surface area contributed by atoms with E-state index >= 15 is 0 Å². The van der Waals surface area contributed by atoms with E-state index in [9.17, 15) is 34.8 Å². The number of nitrogens with one attached hydrogen (secondary N) is 2. The van der Waals surface area contributed by atoms with E-state index in [1.807, 2.05) is 19.9 Å². The van der Waals surface area contributed by atoms with Gasteiger partial charge in [-0.05, 0) is 133 Å². The van der Waals surface area contributed by atoms with Crippen LogP contribution in [-0.4, -0.2) is 64.3 Å². The van der Waals surface area contributed by atoms with Crippen LogP contribution in [0.1, 0.15) is 42.2 Å². The second kappa shape index (κ2) is 18.6. The predicted octanol–water partition coefficient (Wildman–Crippen LogP) is 8.74. The highest BCUT2D eigenvalue weighted by Gasteiger charge is 2.18. The Kier molecular flexibility index (Phi) is 14.2. The molecule has 7 N–H and O–H groups in total. The summed E-state index contributed by atoms with van der Waals surface area (Å²) in [7, 11) is 3.09. The third-order valence-corrected chi connectivity index (χ3v) is 9.58. The van der Waals surface area contributed by atoms with Crippen LogP contribution in [0, 0.1) is 13.8 Å². The van der Waals surface area contributed by atoms with Crippen molar-refractivity contribution in [2.75, 3.05) is 31.6 Å². The minimum absolute atomic E-state index is 0.105. The van der Waals surface area contributed by atoms with Crippen LogP contribution in [0.5, 0.6) is 46.0 Å². The molecule has 1 aliphatic rings. The average Bonchev–Trinajstić information content (AvgIpc) is 3.60. The second-order valence-electron chi connectivity index (χ2n) is 11.4. The number of carbonyl (C=O) groups excluding carboxylic acids is 2. The summed E-state index contributed by atoms with van der Waals surface area (Å²) in [6.45, 7) is 3.98. The molecule has 55 heavy (non-hydrogen) atoms. The number of rotatable bonds is 7. The number of fused-ring (bicyclic) bond motifs is 1. The average molecular weight is 949 g/mol. The molecule has 17 heteroatoms. The molecule has 0 saturated carbocycles. The fourth-order valence-corrected chi connectivity index (χ4v) is 6.56. The van der Waals surface area contributed by atoms with Gasteiger partial charge in [0, 0.05) is 36.9 Å². The lowest BCUT2D eigenvalue weighted by atomic mass is 10.1. The van der Waals surface area contributed by atoms with Gasteiger partial charge in [0.05, 0.1) is 30.9 Å². The van der Waals surface area contributed by atoms with E-state index in [-0.39, 0.29) is 46.8 Å². The molecule has 0 radical (unpaired) electrons. The zero-order valence-corrected chi connectivity index (χ0v) is 34.1. The van der Waals surface area contributed by atoms with Crippen LogP contribution in [0.4, 0.5) is 11.4 Å². The number of phenols is 4. The first-order valence-corrected chi connectivity index (χ1v) is 18.1. The van der Waals surface area contributed by atoms with Gasteiger partial charge in [0.1, 0.15) is 11.5 Å². The maximum Gasteiger partial charge on any atom is 0.336 e. The summed E-state index contributed by atoms with van der Waals surface area (Å²) in [5.41, 5.74) is 3.58. The van der Waals surface area contributed by atoms with Crippen molar-refractivity contribution in [2.24, 2.45) is 0 Å². The number of aryl methyl sites for hydroxylation is 2. The highest BCUT2D eigenvalue weighted by atomic mass is 79.9. The lowest BCUT2D eigenvalue weighted by Crippen LogP contribution is -2.13. The van der Waals surface area contributed by atoms with Gasteiger partial charge in [-0.3, -0.25) is 9.59 Å². The monoisotopic (exact) mass is 946 g/mol. The Hall–Kier alpha value is -5.65. The summed E-state index contributed by atoms with van der Waals surface area (Å²) >= 11 is 9.69. The zero-order valence-electron chi connectivity index (χ0n) is 29.4. The quantitative estimate of drug-likeness (QED) is 0.0603. The van der Waals surface area contributed by atoms with E-state index < -0.39 is 17.6 Å². The number of carbonyl (C=O) groups is 3. The van der Waals surface area contributed by atoms with Gasteiger partial charge < -0.3 is 55.1 Å². The van der Waals surface area contributed by atoms with Gasteiger partial charge >= 0.3 is 5.97 Å². The van der Waals surface area contributed by atoms with Crippen molar-refractivity contribution in [3.8, 4) is 46.0 Å². The van der Waals surface area contributed by atoms with Gasteiger partial charge in [-0.25, -0.2) is 4.79 Å². The molecule has 0 saturated heterocycles. The van der Waals surface area contributed by atoms with Gasteiger partial charge in [0.15, 0.2) is 34.5 Å². The highest BCUT2D eigenvalue weighted by molar-refractivity contribution is 9.11. The van der Waals surface area contributed by atoms with Gasteiger partial charge in [-0.2, -0.15) is 0 Å². The van der Waals surface area contributed by atoms with Crippen LogP contribution in [0.3, 0.4) is 0 Å². The minimum atomic E-state index is -0.967. The van der Waals surface area contributed by atoms with Crippen LogP contribution in [0.15, 0.2) is 86.2 Å².